The molecule has 0 saturated carbocycles. The highest BCUT2D eigenvalue weighted by atomic mass is 16.6. The molecule has 0 aliphatic rings. The highest BCUT2D eigenvalue weighted by Crippen LogP contribution is 2.24. The molecule has 0 fully saturated rings. The summed E-state index contributed by atoms with van der Waals surface area (Å²) in [6, 6.07) is 9.53. The number of hydrogen-bond acceptors (Lipinski definition) is 4. The van der Waals surface area contributed by atoms with Crippen molar-refractivity contribution in [3.63, 3.8) is 0 Å². The molecule has 0 saturated heterocycles. The fraction of sp³-hybridized carbons (Fsp3) is 0.435. The molecular weight excluding hydrogens is 366 g/mol. The summed E-state index contributed by atoms with van der Waals surface area (Å²) in [4.78, 5) is 28.6. The van der Waals surface area contributed by atoms with Gasteiger partial charge in [-0.05, 0) is 50.3 Å². The number of amides is 2. The quantitative estimate of drug-likeness (QED) is 0.718. The average molecular weight is 398 g/mol. The fourth-order valence-corrected chi connectivity index (χ4v) is 2.73. The van der Waals surface area contributed by atoms with E-state index >= 15 is 0 Å². The predicted octanol–water partition coefficient (Wildman–Crippen LogP) is 4.55. The van der Waals surface area contributed by atoms with Gasteiger partial charge < -0.3 is 15.4 Å². The molecule has 6 heteroatoms. The Morgan fingerprint density at radius 3 is 2.52 bits per heavy atom. The molecule has 2 amide bonds. The third kappa shape index (κ3) is 7.56. The van der Waals surface area contributed by atoms with Gasteiger partial charge in [-0.1, -0.05) is 38.1 Å². The minimum atomic E-state index is -0.551. The van der Waals surface area contributed by atoms with Crippen molar-refractivity contribution in [1.29, 1.82) is 0 Å². The van der Waals surface area contributed by atoms with E-state index in [1.54, 1.807) is 12.4 Å². The normalized spacial score (nSPS) is 11.2. The molecule has 0 bridgehead atoms. The monoisotopic (exact) mass is 397 g/mol. The molecule has 1 aromatic heterocycles. The minimum absolute atomic E-state index is 0.135. The standard InChI is InChI=1S/C23H31N3O3/c1-16(2)10-11-25-21(27)19-12-18(13-24-14-19)20-9-7-6-8-17(20)15-26-22(28)29-23(3,4)5/h6-9,12-14,16H,10-11,15H2,1-5H3,(H,25,27)(H,26,28). The molecule has 6 nitrogen and oxygen atoms in total. The van der Waals surface area contributed by atoms with Crippen molar-refractivity contribution in [2.75, 3.05) is 6.54 Å². The first kappa shape index (κ1) is 22.4. The Morgan fingerprint density at radius 2 is 1.83 bits per heavy atom. The number of benzene rings is 1. The average Bonchev–Trinajstić information content (AvgIpc) is 2.65. The van der Waals surface area contributed by atoms with E-state index in [0.29, 0.717) is 24.6 Å². The lowest BCUT2D eigenvalue weighted by atomic mass is 10.00. The van der Waals surface area contributed by atoms with Crippen LogP contribution in [0.5, 0.6) is 0 Å². The molecule has 1 heterocycles. The molecule has 2 N–H and O–H groups in total. The second kappa shape index (κ2) is 10.0. The van der Waals surface area contributed by atoms with Crippen LogP contribution in [-0.2, 0) is 11.3 Å². The van der Waals surface area contributed by atoms with E-state index in [9.17, 15) is 9.59 Å². The van der Waals surface area contributed by atoms with Crippen LogP contribution in [0.15, 0.2) is 42.7 Å². The van der Waals surface area contributed by atoms with Crippen molar-refractivity contribution < 1.29 is 14.3 Å². The highest BCUT2D eigenvalue weighted by Gasteiger charge is 2.16. The minimum Gasteiger partial charge on any atom is -0.444 e. The van der Waals surface area contributed by atoms with E-state index in [0.717, 1.165) is 23.1 Å². The van der Waals surface area contributed by atoms with Gasteiger partial charge in [-0.25, -0.2) is 4.79 Å². The van der Waals surface area contributed by atoms with Crippen LogP contribution in [0.4, 0.5) is 4.79 Å². The van der Waals surface area contributed by atoms with Gasteiger partial charge in [0.05, 0.1) is 5.56 Å². The van der Waals surface area contributed by atoms with E-state index in [-0.39, 0.29) is 5.91 Å². The first-order chi connectivity index (χ1) is 13.7. The van der Waals surface area contributed by atoms with Gasteiger partial charge in [0.25, 0.3) is 5.91 Å². The number of aromatic nitrogens is 1. The summed E-state index contributed by atoms with van der Waals surface area (Å²) in [7, 11) is 0. The van der Waals surface area contributed by atoms with E-state index in [4.69, 9.17) is 4.74 Å². The van der Waals surface area contributed by atoms with Crippen LogP contribution in [0, 0.1) is 5.92 Å². The zero-order chi connectivity index (χ0) is 21.4. The summed E-state index contributed by atoms with van der Waals surface area (Å²) in [6.07, 6.45) is 3.74. The lowest BCUT2D eigenvalue weighted by Gasteiger charge is -2.20. The number of alkyl carbamates (subject to hydrolysis) is 1. The van der Waals surface area contributed by atoms with Crippen LogP contribution < -0.4 is 10.6 Å². The Labute approximate surface area is 173 Å². The van der Waals surface area contributed by atoms with E-state index in [1.807, 2.05) is 51.1 Å². The summed E-state index contributed by atoms with van der Waals surface area (Å²) in [5.74, 6) is 0.397. The van der Waals surface area contributed by atoms with Gasteiger partial charge in [0.1, 0.15) is 5.60 Å². The highest BCUT2D eigenvalue weighted by molar-refractivity contribution is 5.95. The zero-order valence-corrected chi connectivity index (χ0v) is 17.9. The maximum absolute atomic E-state index is 12.4. The predicted molar refractivity (Wildman–Crippen MR) is 115 cm³/mol. The molecule has 0 atom stereocenters. The Morgan fingerprint density at radius 1 is 1.10 bits per heavy atom. The molecule has 0 spiro atoms. The third-order valence-corrected chi connectivity index (χ3v) is 4.16. The van der Waals surface area contributed by atoms with Gasteiger partial charge in [-0.2, -0.15) is 0 Å². The van der Waals surface area contributed by atoms with Gasteiger partial charge in [-0.3, -0.25) is 9.78 Å². The van der Waals surface area contributed by atoms with Crippen LogP contribution in [0.3, 0.4) is 0 Å². The van der Waals surface area contributed by atoms with Gasteiger partial charge in [-0.15, -0.1) is 0 Å². The zero-order valence-electron chi connectivity index (χ0n) is 17.9. The van der Waals surface area contributed by atoms with Crippen molar-refractivity contribution >= 4 is 12.0 Å². The summed E-state index contributed by atoms with van der Waals surface area (Å²) in [5.41, 5.74) is 2.61. The van der Waals surface area contributed by atoms with Crippen LogP contribution in [0.25, 0.3) is 11.1 Å². The van der Waals surface area contributed by atoms with E-state index in [2.05, 4.69) is 29.5 Å². The largest absolute Gasteiger partial charge is 0.444 e. The molecule has 0 aliphatic heterocycles. The number of rotatable bonds is 7. The summed E-state index contributed by atoms with van der Waals surface area (Å²) in [6.45, 7) is 10.7. The number of ether oxygens (including phenoxy) is 1. The molecule has 2 aromatic rings. The second-order valence-corrected chi connectivity index (χ2v) is 8.41. The Bertz CT molecular complexity index is 841. The smallest absolute Gasteiger partial charge is 0.407 e. The molecule has 0 radical (unpaired) electrons. The Kier molecular flexibility index (Phi) is 7.76. The first-order valence-corrected chi connectivity index (χ1v) is 9.94. The number of carbonyl (C=O) groups is 2. The summed E-state index contributed by atoms with van der Waals surface area (Å²) >= 11 is 0. The van der Waals surface area contributed by atoms with Crippen molar-refractivity contribution in [2.45, 2.75) is 53.2 Å². The number of pyridine rings is 1. The molecule has 1 aromatic carbocycles. The number of nitrogens with zero attached hydrogens (tertiary/aromatic N) is 1. The molecular formula is C23H31N3O3. The van der Waals surface area contributed by atoms with Gasteiger partial charge in [0.2, 0.25) is 0 Å². The van der Waals surface area contributed by atoms with Crippen LogP contribution in [0.1, 0.15) is 57.0 Å². The van der Waals surface area contributed by atoms with Crippen molar-refractivity contribution in [3.05, 3.63) is 53.9 Å². The van der Waals surface area contributed by atoms with Crippen molar-refractivity contribution in [1.82, 2.24) is 15.6 Å². The number of hydrogen-bond donors (Lipinski definition) is 2. The number of carbonyl (C=O) groups excluding carboxylic acids is 2. The molecule has 0 aliphatic carbocycles. The molecule has 29 heavy (non-hydrogen) atoms. The van der Waals surface area contributed by atoms with Gasteiger partial charge in [0.15, 0.2) is 0 Å². The third-order valence-electron chi connectivity index (χ3n) is 4.16. The Balaban J connectivity index is 2.12. The molecule has 0 unspecified atom stereocenters. The maximum Gasteiger partial charge on any atom is 0.407 e. The first-order valence-electron chi connectivity index (χ1n) is 9.94. The number of nitrogens with one attached hydrogen (secondary N) is 2. The SMILES string of the molecule is CC(C)CCNC(=O)c1cncc(-c2ccccc2CNC(=O)OC(C)(C)C)c1. The van der Waals surface area contributed by atoms with Crippen LogP contribution >= 0.6 is 0 Å². The van der Waals surface area contributed by atoms with Gasteiger partial charge >= 0.3 is 6.09 Å². The van der Waals surface area contributed by atoms with Gasteiger partial charge in [0, 0.05) is 31.0 Å². The second-order valence-electron chi connectivity index (χ2n) is 8.41. The Hall–Kier alpha value is -2.89. The lowest BCUT2D eigenvalue weighted by Crippen LogP contribution is -2.32. The van der Waals surface area contributed by atoms with Crippen LogP contribution in [-0.4, -0.2) is 29.1 Å². The van der Waals surface area contributed by atoms with E-state index < -0.39 is 11.7 Å². The van der Waals surface area contributed by atoms with Crippen molar-refractivity contribution in [2.24, 2.45) is 5.92 Å². The maximum atomic E-state index is 12.4. The van der Waals surface area contributed by atoms with Crippen LogP contribution in [0.2, 0.25) is 0 Å². The molecule has 2 rings (SSSR count). The fourth-order valence-electron chi connectivity index (χ4n) is 2.73. The van der Waals surface area contributed by atoms with Crippen molar-refractivity contribution in [3.8, 4) is 11.1 Å². The van der Waals surface area contributed by atoms with E-state index in [1.165, 1.54) is 0 Å². The molecule has 156 valence electrons. The summed E-state index contributed by atoms with van der Waals surface area (Å²) < 4.78 is 5.29. The lowest BCUT2D eigenvalue weighted by molar-refractivity contribution is 0.0523. The summed E-state index contributed by atoms with van der Waals surface area (Å²) in [5, 5.41) is 5.71. The topological polar surface area (TPSA) is 80.3 Å².